The molecule has 1 fully saturated rings. The zero-order valence-electron chi connectivity index (χ0n) is 16.0. The average Bonchev–Trinajstić information content (AvgIpc) is 3.37. The Balaban J connectivity index is 1.67. The van der Waals surface area contributed by atoms with Crippen LogP contribution in [0.15, 0.2) is 47.0 Å². The SMILES string of the molecule is COc1ccc2cn(C[C@@]3(c4cc5cc(F)cc(F)c5o4)NC(=O)NC3=O)c(O)c2c1. The lowest BCUT2D eigenvalue weighted by atomic mass is 9.96. The molecule has 1 saturated heterocycles. The Hall–Kier alpha value is -4.08. The van der Waals surface area contributed by atoms with E-state index in [4.69, 9.17) is 9.15 Å². The third-order valence-corrected chi connectivity index (χ3v) is 5.37. The van der Waals surface area contributed by atoms with Crippen molar-refractivity contribution in [1.29, 1.82) is 0 Å². The van der Waals surface area contributed by atoms with E-state index < -0.39 is 29.1 Å². The maximum absolute atomic E-state index is 14.2. The van der Waals surface area contributed by atoms with Crippen LogP contribution in [0.4, 0.5) is 13.6 Å². The van der Waals surface area contributed by atoms with E-state index in [1.807, 2.05) is 0 Å². The standard InChI is InChI=1S/C21H15F2N3O5/c1-30-13-3-2-10-8-26(18(27)14(10)7-13)9-21(19(28)24-20(29)25-21)16-5-11-4-12(22)6-15(23)17(11)31-16/h2-8,27H,9H2,1H3,(H2,24,25,28,29)/t21-/m0/s1. The summed E-state index contributed by atoms with van der Waals surface area (Å²) < 4.78 is 39.9. The maximum atomic E-state index is 14.2. The summed E-state index contributed by atoms with van der Waals surface area (Å²) in [5.74, 6) is -2.26. The van der Waals surface area contributed by atoms with E-state index in [0.717, 1.165) is 6.07 Å². The number of hydrogen-bond acceptors (Lipinski definition) is 5. The van der Waals surface area contributed by atoms with E-state index >= 15 is 0 Å². The first-order valence-electron chi connectivity index (χ1n) is 9.19. The van der Waals surface area contributed by atoms with Crippen molar-refractivity contribution < 1.29 is 32.6 Å². The Labute approximate surface area is 173 Å². The number of fused-ring (bicyclic) bond motifs is 2. The maximum Gasteiger partial charge on any atom is 0.322 e. The molecule has 0 bridgehead atoms. The van der Waals surface area contributed by atoms with Crippen molar-refractivity contribution in [1.82, 2.24) is 15.2 Å². The minimum atomic E-state index is -1.80. The molecule has 0 spiro atoms. The summed E-state index contributed by atoms with van der Waals surface area (Å²) in [5, 5.41) is 16.6. The first-order chi connectivity index (χ1) is 14.8. The fourth-order valence-corrected chi connectivity index (χ4v) is 3.87. The van der Waals surface area contributed by atoms with Gasteiger partial charge in [0.1, 0.15) is 17.3 Å². The molecule has 8 nitrogen and oxygen atoms in total. The van der Waals surface area contributed by atoms with Crippen molar-refractivity contribution in [2.45, 2.75) is 12.1 Å². The quantitative estimate of drug-likeness (QED) is 0.434. The molecule has 3 heterocycles. The highest BCUT2D eigenvalue weighted by Gasteiger charge is 2.51. The van der Waals surface area contributed by atoms with Gasteiger partial charge < -0.3 is 24.1 Å². The number of furan rings is 1. The number of nitrogens with one attached hydrogen (secondary N) is 2. The number of amides is 3. The lowest BCUT2D eigenvalue weighted by molar-refractivity contribution is -0.125. The second-order valence-corrected chi connectivity index (χ2v) is 7.26. The van der Waals surface area contributed by atoms with Crippen molar-refractivity contribution in [2.75, 3.05) is 7.11 Å². The van der Waals surface area contributed by atoms with E-state index in [1.165, 1.54) is 17.7 Å². The topological polar surface area (TPSA) is 106 Å². The zero-order valence-corrected chi connectivity index (χ0v) is 16.0. The number of methoxy groups -OCH3 is 1. The number of carbonyl (C=O) groups is 2. The van der Waals surface area contributed by atoms with Crippen LogP contribution in [0, 0.1) is 11.6 Å². The first-order valence-corrected chi connectivity index (χ1v) is 9.19. The number of rotatable bonds is 4. The summed E-state index contributed by atoms with van der Waals surface area (Å²) in [4.78, 5) is 24.8. The summed E-state index contributed by atoms with van der Waals surface area (Å²) in [6.07, 6.45) is 1.59. The normalized spacial score (nSPS) is 18.5. The first kappa shape index (κ1) is 18.9. The van der Waals surface area contributed by atoms with Crippen molar-refractivity contribution in [3.05, 3.63) is 60.0 Å². The van der Waals surface area contributed by atoms with Crippen molar-refractivity contribution in [3.63, 3.8) is 0 Å². The van der Waals surface area contributed by atoms with E-state index in [9.17, 15) is 23.5 Å². The Morgan fingerprint density at radius 2 is 1.97 bits per heavy atom. The average molecular weight is 427 g/mol. The van der Waals surface area contributed by atoms with Gasteiger partial charge in [0, 0.05) is 28.4 Å². The molecule has 5 rings (SSSR count). The van der Waals surface area contributed by atoms with Crippen LogP contribution in [0.25, 0.3) is 21.7 Å². The second kappa shape index (κ2) is 6.46. The van der Waals surface area contributed by atoms with Crippen LogP contribution in [0.5, 0.6) is 11.6 Å². The largest absolute Gasteiger partial charge is 0.497 e. The van der Waals surface area contributed by atoms with Gasteiger partial charge in [0.2, 0.25) is 0 Å². The Bertz CT molecular complexity index is 1390. The van der Waals surface area contributed by atoms with Gasteiger partial charge in [-0.25, -0.2) is 13.6 Å². The number of ether oxygens (including phenoxy) is 1. The van der Waals surface area contributed by atoms with Gasteiger partial charge in [0.15, 0.2) is 22.8 Å². The monoisotopic (exact) mass is 427 g/mol. The van der Waals surface area contributed by atoms with Crippen LogP contribution >= 0.6 is 0 Å². The fraction of sp³-hybridized carbons (Fsp3) is 0.143. The van der Waals surface area contributed by atoms with Crippen molar-refractivity contribution in [3.8, 4) is 11.6 Å². The molecule has 1 aliphatic heterocycles. The van der Waals surface area contributed by atoms with Gasteiger partial charge in [0.25, 0.3) is 5.91 Å². The lowest BCUT2D eigenvalue weighted by Crippen LogP contribution is -2.47. The predicted molar refractivity (Wildman–Crippen MR) is 105 cm³/mol. The summed E-state index contributed by atoms with van der Waals surface area (Å²) in [6, 6.07) is 7.28. The van der Waals surface area contributed by atoms with Crippen LogP contribution in [0.1, 0.15) is 5.76 Å². The van der Waals surface area contributed by atoms with Gasteiger partial charge in [-0.15, -0.1) is 0 Å². The number of carbonyl (C=O) groups excluding carboxylic acids is 2. The number of benzene rings is 2. The van der Waals surface area contributed by atoms with Gasteiger partial charge in [-0.2, -0.15) is 0 Å². The van der Waals surface area contributed by atoms with Crippen LogP contribution < -0.4 is 15.4 Å². The highest BCUT2D eigenvalue weighted by atomic mass is 19.1. The number of hydrogen-bond donors (Lipinski definition) is 3. The molecular formula is C21H15F2N3O5. The summed E-state index contributed by atoms with van der Waals surface area (Å²) in [6.45, 7) is -0.267. The van der Waals surface area contributed by atoms with E-state index in [0.29, 0.717) is 22.6 Å². The molecule has 0 aliphatic carbocycles. The summed E-state index contributed by atoms with van der Waals surface area (Å²) in [5.41, 5.74) is -2.05. The van der Waals surface area contributed by atoms with Gasteiger partial charge >= 0.3 is 6.03 Å². The number of urea groups is 1. The number of aromatic nitrogens is 1. The number of aromatic hydroxyl groups is 1. The molecule has 4 aromatic rings. The molecule has 31 heavy (non-hydrogen) atoms. The number of imide groups is 1. The predicted octanol–water partition coefficient (Wildman–Crippen LogP) is 3.11. The van der Waals surface area contributed by atoms with E-state index in [2.05, 4.69) is 10.6 Å². The van der Waals surface area contributed by atoms with Crippen molar-refractivity contribution >= 4 is 33.7 Å². The van der Waals surface area contributed by atoms with E-state index in [1.54, 1.807) is 24.4 Å². The van der Waals surface area contributed by atoms with Crippen molar-refractivity contribution in [2.24, 2.45) is 0 Å². The molecule has 0 unspecified atom stereocenters. The Morgan fingerprint density at radius 1 is 1.16 bits per heavy atom. The summed E-state index contributed by atoms with van der Waals surface area (Å²) >= 11 is 0. The van der Waals surface area contributed by atoms with E-state index in [-0.39, 0.29) is 29.2 Å². The third kappa shape index (κ3) is 2.79. The molecule has 10 heteroatoms. The minimum Gasteiger partial charge on any atom is -0.497 e. The van der Waals surface area contributed by atoms with Gasteiger partial charge in [-0.1, -0.05) is 0 Å². The van der Waals surface area contributed by atoms with Crippen LogP contribution in [-0.4, -0.2) is 28.7 Å². The molecular weight excluding hydrogens is 412 g/mol. The highest BCUT2D eigenvalue weighted by molar-refractivity contribution is 6.07. The highest BCUT2D eigenvalue weighted by Crippen LogP contribution is 2.37. The van der Waals surface area contributed by atoms with Crippen LogP contribution in [-0.2, 0) is 16.9 Å². The molecule has 3 amide bonds. The molecule has 2 aromatic carbocycles. The minimum absolute atomic E-state index is 0.0902. The zero-order chi connectivity index (χ0) is 21.9. The number of nitrogens with zero attached hydrogens (tertiary/aromatic N) is 1. The lowest BCUT2D eigenvalue weighted by Gasteiger charge is -2.24. The van der Waals surface area contributed by atoms with Gasteiger partial charge in [-0.3, -0.25) is 10.1 Å². The molecule has 0 saturated carbocycles. The summed E-state index contributed by atoms with van der Waals surface area (Å²) in [7, 11) is 1.49. The molecule has 2 aromatic heterocycles. The fourth-order valence-electron chi connectivity index (χ4n) is 3.87. The molecule has 1 aliphatic rings. The Kier molecular flexibility index (Phi) is 3.94. The smallest absolute Gasteiger partial charge is 0.322 e. The number of halogens is 2. The molecule has 1 atom stereocenters. The molecule has 158 valence electrons. The Morgan fingerprint density at radius 3 is 2.68 bits per heavy atom. The molecule has 0 radical (unpaired) electrons. The second-order valence-electron chi connectivity index (χ2n) is 7.26. The van der Waals surface area contributed by atoms with Gasteiger partial charge in [0.05, 0.1) is 13.7 Å². The van der Waals surface area contributed by atoms with Crippen LogP contribution in [0.2, 0.25) is 0 Å². The molecule has 3 N–H and O–H groups in total. The third-order valence-electron chi connectivity index (χ3n) is 5.37. The van der Waals surface area contributed by atoms with Gasteiger partial charge in [-0.05, 0) is 30.3 Å². The van der Waals surface area contributed by atoms with Crippen LogP contribution in [0.3, 0.4) is 0 Å².